The molecule has 0 saturated carbocycles. The Bertz CT molecular complexity index is 1210. The molecule has 0 aliphatic rings. The molecule has 2 aromatic carbocycles. The number of carbonyl (C=O) groups excluding carboxylic acids is 1. The average molecular weight is 422 g/mol. The number of fused-ring (bicyclic) bond motifs is 1. The maximum atomic E-state index is 13.1. The summed E-state index contributed by atoms with van der Waals surface area (Å²) < 4.78 is 5.39. The Morgan fingerprint density at radius 3 is 2.39 bits per heavy atom. The Balaban J connectivity index is 2.48. The van der Waals surface area contributed by atoms with Crippen LogP contribution in [0.4, 0.5) is 0 Å². The molecule has 6 heteroatoms. The summed E-state index contributed by atoms with van der Waals surface area (Å²) >= 11 is 0. The van der Waals surface area contributed by atoms with Crippen molar-refractivity contribution in [3.8, 4) is 22.6 Å². The zero-order chi connectivity index (χ0) is 22.9. The van der Waals surface area contributed by atoms with Crippen LogP contribution in [0.2, 0.25) is 0 Å². The molecule has 31 heavy (non-hydrogen) atoms. The summed E-state index contributed by atoms with van der Waals surface area (Å²) in [5.41, 5.74) is 0.529. The fourth-order valence-electron chi connectivity index (χ4n) is 3.50. The number of Topliss-reactive ketones (excluding diaryl/α,β-unsaturated/α-hetero) is 1. The zero-order valence-electron chi connectivity index (χ0n) is 17.8. The first kappa shape index (κ1) is 22.3. The smallest absolute Gasteiger partial charge is 0.336 e. The van der Waals surface area contributed by atoms with Crippen LogP contribution >= 0.6 is 0 Å². The fraction of sp³-hybridized carbons (Fsp3) is 0.280. The van der Waals surface area contributed by atoms with Crippen molar-refractivity contribution in [1.82, 2.24) is 0 Å². The van der Waals surface area contributed by atoms with Crippen molar-refractivity contribution >= 4 is 16.8 Å². The van der Waals surface area contributed by atoms with Crippen LogP contribution in [-0.4, -0.2) is 27.2 Å². The first-order chi connectivity index (χ1) is 14.7. The topological polar surface area (TPSA) is 108 Å². The number of aromatic hydroxyl groups is 2. The van der Waals surface area contributed by atoms with Crippen molar-refractivity contribution in [3.63, 3.8) is 0 Å². The molecule has 0 unspecified atom stereocenters. The van der Waals surface area contributed by atoms with Crippen molar-refractivity contribution < 1.29 is 24.5 Å². The molecule has 1 heterocycles. The van der Waals surface area contributed by atoms with Gasteiger partial charge in [-0.3, -0.25) is 4.79 Å². The quantitative estimate of drug-likeness (QED) is 0.292. The van der Waals surface area contributed by atoms with E-state index in [1.165, 1.54) is 6.07 Å². The summed E-state index contributed by atoms with van der Waals surface area (Å²) in [5, 5.41) is 32.6. The first-order valence-electron chi connectivity index (χ1n) is 10.1. The molecule has 0 saturated heterocycles. The summed E-state index contributed by atoms with van der Waals surface area (Å²) in [6.07, 6.45) is -0.676. The lowest BCUT2D eigenvalue weighted by atomic mass is 9.88. The lowest BCUT2D eigenvalue weighted by molar-refractivity contribution is 0.0921. The maximum Gasteiger partial charge on any atom is 0.336 e. The van der Waals surface area contributed by atoms with Gasteiger partial charge in [-0.25, -0.2) is 4.79 Å². The SMILES string of the molecule is C=C(C)[C@H](O)Cc1c(O)c(C(=O)[C@@H](C)CC)c(O)c2c(-c3ccccc3)cc(=O)oc12. The van der Waals surface area contributed by atoms with E-state index in [4.69, 9.17) is 4.42 Å². The highest BCUT2D eigenvalue weighted by Crippen LogP contribution is 2.45. The third-order valence-corrected chi connectivity index (χ3v) is 5.59. The Kier molecular flexibility index (Phi) is 6.32. The van der Waals surface area contributed by atoms with E-state index < -0.39 is 34.9 Å². The molecule has 162 valence electrons. The standard InChI is InChI=1S/C25H26O6/c1-5-14(4)22(28)21-23(29)17(11-18(26)13(2)3)25-20(24(21)30)16(12-19(27)31-25)15-9-7-6-8-10-15/h6-10,12,14,18,26,29-30H,2,5,11H2,1,3-4H3/t14-,18+/m0/s1. The number of phenolic OH excluding ortho intramolecular Hbond substituents is 2. The number of carbonyl (C=O) groups is 1. The second kappa shape index (κ2) is 8.78. The van der Waals surface area contributed by atoms with Crippen LogP contribution in [0.25, 0.3) is 22.1 Å². The summed E-state index contributed by atoms with van der Waals surface area (Å²) in [7, 11) is 0. The van der Waals surface area contributed by atoms with E-state index in [2.05, 4.69) is 6.58 Å². The summed E-state index contributed by atoms with van der Waals surface area (Å²) in [5.74, 6) is -1.84. The second-order valence-electron chi connectivity index (χ2n) is 7.84. The third kappa shape index (κ3) is 4.11. The van der Waals surface area contributed by atoms with Gasteiger partial charge >= 0.3 is 5.63 Å². The minimum absolute atomic E-state index is 0.0673. The predicted molar refractivity (Wildman–Crippen MR) is 120 cm³/mol. The highest BCUT2D eigenvalue weighted by atomic mass is 16.4. The normalized spacial score (nSPS) is 13.2. The van der Waals surface area contributed by atoms with Gasteiger partial charge in [-0.05, 0) is 18.9 Å². The van der Waals surface area contributed by atoms with Gasteiger partial charge in [0.25, 0.3) is 0 Å². The number of benzene rings is 2. The van der Waals surface area contributed by atoms with Gasteiger partial charge in [0.15, 0.2) is 5.78 Å². The number of ketones is 1. The van der Waals surface area contributed by atoms with Crippen LogP contribution in [0.1, 0.15) is 43.1 Å². The fourth-order valence-corrected chi connectivity index (χ4v) is 3.50. The predicted octanol–water partition coefficient (Wildman–Crippen LogP) is 4.58. The molecular formula is C25H26O6. The molecule has 2 atom stereocenters. The molecule has 0 aliphatic carbocycles. The van der Waals surface area contributed by atoms with Gasteiger partial charge < -0.3 is 19.7 Å². The molecule has 3 rings (SSSR count). The Morgan fingerprint density at radius 1 is 1.16 bits per heavy atom. The highest BCUT2D eigenvalue weighted by Gasteiger charge is 2.30. The Hall–Kier alpha value is -3.38. The van der Waals surface area contributed by atoms with Gasteiger partial charge in [0, 0.05) is 29.5 Å². The number of hydrogen-bond donors (Lipinski definition) is 3. The first-order valence-corrected chi connectivity index (χ1v) is 10.1. The number of rotatable bonds is 7. The van der Waals surface area contributed by atoms with Crippen LogP contribution in [0.5, 0.6) is 11.5 Å². The van der Waals surface area contributed by atoms with Crippen molar-refractivity contribution in [3.05, 3.63) is 70.1 Å². The van der Waals surface area contributed by atoms with Crippen LogP contribution in [-0.2, 0) is 6.42 Å². The summed E-state index contributed by atoms with van der Waals surface area (Å²) in [6, 6.07) is 10.1. The van der Waals surface area contributed by atoms with E-state index in [0.29, 0.717) is 23.1 Å². The van der Waals surface area contributed by atoms with E-state index >= 15 is 0 Å². The van der Waals surface area contributed by atoms with E-state index in [9.17, 15) is 24.9 Å². The van der Waals surface area contributed by atoms with Crippen LogP contribution < -0.4 is 5.63 Å². The lowest BCUT2D eigenvalue weighted by Crippen LogP contribution is -2.16. The molecule has 1 aromatic heterocycles. The third-order valence-electron chi connectivity index (χ3n) is 5.59. The van der Waals surface area contributed by atoms with Crippen LogP contribution in [0.3, 0.4) is 0 Å². The number of aliphatic hydroxyl groups excluding tert-OH is 1. The minimum atomic E-state index is -1.05. The summed E-state index contributed by atoms with van der Waals surface area (Å²) in [6.45, 7) is 8.88. The monoisotopic (exact) mass is 422 g/mol. The molecule has 0 fully saturated rings. The molecule has 0 spiro atoms. The Labute approximate surface area is 180 Å². The highest BCUT2D eigenvalue weighted by molar-refractivity contribution is 6.11. The van der Waals surface area contributed by atoms with E-state index in [1.54, 1.807) is 38.1 Å². The molecule has 0 radical (unpaired) electrons. The largest absolute Gasteiger partial charge is 0.507 e. The minimum Gasteiger partial charge on any atom is -0.507 e. The van der Waals surface area contributed by atoms with Gasteiger partial charge in [-0.1, -0.05) is 56.3 Å². The molecule has 6 nitrogen and oxygen atoms in total. The number of aliphatic hydroxyl groups is 1. The van der Waals surface area contributed by atoms with Gasteiger partial charge in [0.2, 0.25) is 0 Å². The number of phenols is 2. The van der Waals surface area contributed by atoms with Crippen LogP contribution in [0.15, 0.2) is 57.8 Å². The molecular weight excluding hydrogens is 396 g/mol. The summed E-state index contributed by atoms with van der Waals surface area (Å²) in [4.78, 5) is 25.4. The van der Waals surface area contributed by atoms with Crippen molar-refractivity contribution in [2.24, 2.45) is 5.92 Å². The molecule has 3 N–H and O–H groups in total. The second-order valence-corrected chi connectivity index (χ2v) is 7.84. The molecule has 3 aromatic rings. The lowest BCUT2D eigenvalue weighted by Gasteiger charge is -2.19. The number of hydrogen-bond acceptors (Lipinski definition) is 6. The van der Waals surface area contributed by atoms with Gasteiger partial charge in [-0.15, -0.1) is 0 Å². The molecule has 0 aliphatic heterocycles. The van der Waals surface area contributed by atoms with Crippen LogP contribution in [0, 0.1) is 5.92 Å². The maximum absolute atomic E-state index is 13.1. The zero-order valence-corrected chi connectivity index (χ0v) is 17.8. The molecule has 0 amide bonds. The van der Waals surface area contributed by atoms with E-state index in [0.717, 1.165) is 0 Å². The van der Waals surface area contributed by atoms with E-state index in [-0.39, 0.29) is 28.5 Å². The van der Waals surface area contributed by atoms with Gasteiger partial charge in [0.1, 0.15) is 22.6 Å². The van der Waals surface area contributed by atoms with Gasteiger partial charge in [0.05, 0.1) is 11.5 Å². The van der Waals surface area contributed by atoms with Crippen molar-refractivity contribution in [1.29, 1.82) is 0 Å². The van der Waals surface area contributed by atoms with Gasteiger partial charge in [-0.2, -0.15) is 0 Å². The van der Waals surface area contributed by atoms with E-state index in [1.807, 2.05) is 13.0 Å². The van der Waals surface area contributed by atoms with Crippen molar-refractivity contribution in [2.75, 3.05) is 0 Å². The van der Waals surface area contributed by atoms with Crippen molar-refractivity contribution in [2.45, 2.75) is 39.7 Å². The average Bonchev–Trinajstić information content (AvgIpc) is 2.75. The molecule has 0 bridgehead atoms. The Morgan fingerprint density at radius 2 is 1.81 bits per heavy atom.